The molecule has 0 bridgehead atoms. The second-order valence-corrected chi connectivity index (χ2v) is 39.0. The van der Waals surface area contributed by atoms with Gasteiger partial charge in [0.25, 0.3) is 0 Å². The fourth-order valence-electron chi connectivity index (χ4n) is 26.9. The van der Waals surface area contributed by atoms with Gasteiger partial charge in [-0.25, -0.2) is 19.9 Å². The topological polar surface area (TPSA) is 121 Å². The molecule has 0 atom stereocenters. The first-order valence-corrected chi connectivity index (χ1v) is 48.8. The van der Waals surface area contributed by atoms with E-state index in [0.717, 1.165) is 162 Å². The third kappa shape index (κ3) is 9.91. The van der Waals surface area contributed by atoms with Gasteiger partial charge in [0.1, 0.15) is 22.6 Å². The number of hydrogen-bond acceptors (Lipinski definition) is 8. The van der Waals surface area contributed by atoms with Gasteiger partial charge in [-0.15, -0.1) is 0 Å². The van der Waals surface area contributed by atoms with E-state index in [1.165, 1.54) is 221 Å². The molecule has 8 aliphatic carbocycles. The molecule has 0 unspecified atom stereocenters. The Morgan fingerprint density at radius 2 is 0.350 bits per heavy atom. The van der Waals surface area contributed by atoms with Crippen molar-refractivity contribution in [1.29, 1.82) is 0 Å². The van der Waals surface area contributed by atoms with Crippen LogP contribution in [-0.2, 0) is 51.4 Å². The molecule has 8 aliphatic rings. The van der Waals surface area contributed by atoms with E-state index in [4.69, 9.17) is 39.9 Å². The molecule has 12 heterocycles. The minimum absolute atomic E-state index is 0.925. The van der Waals surface area contributed by atoms with Crippen LogP contribution in [0.1, 0.15) is 89.0 Å². The molecule has 0 N–H and O–H groups in total. The van der Waals surface area contributed by atoms with Gasteiger partial charge in [0.2, 0.25) is 0 Å². The van der Waals surface area contributed by atoms with E-state index in [2.05, 4.69) is 333 Å². The van der Waals surface area contributed by atoms with Gasteiger partial charge in [-0.1, -0.05) is 243 Å². The minimum Gasteiger partial charge on any atom is -0.290 e. The Hall–Kier alpha value is -18.0. The number of benzene rings is 16. The molecule has 140 heavy (non-hydrogen) atoms. The third-order valence-electron chi connectivity index (χ3n) is 32.3. The molecule has 16 aromatic carbocycles. The van der Waals surface area contributed by atoms with Crippen LogP contribution in [0.3, 0.4) is 0 Å². The van der Waals surface area contributed by atoms with E-state index in [1.807, 2.05) is 49.1 Å². The van der Waals surface area contributed by atoms with Crippen LogP contribution < -0.4 is 0 Å². The number of para-hydroxylation sites is 8. The summed E-state index contributed by atoms with van der Waals surface area (Å²) < 4.78 is 9.32. The van der Waals surface area contributed by atoms with E-state index >= 15 is 0 Å². The summed E-state index contributed by atoms with van der Waals surface area (Å²) in [4.78, 5) is 41.1. The Morgan fingerprint density at radius 1 is 0.150 bits per heavy atom. The highest BCUT2D eigenvalue weighted by Gasteiger charge is 2.41. The van der Waals surface area contributed by atoms with Crippen molar-refractivity contribution >= 4 is 154 Å². The second kappa shape index (κ2) is 27.9. The van der Waals surface area contributed by atoms with Gasteiger partial charge in [-0.2, -0.15) is 0 Å². The van der Waals surface area contributed by atoms with Crippen molar-refractivity contribution in [2.45, 2.75) is 51.4 Å². The zero-order chi connectivity index (χ0) is 90.7. The molecule has 0 saturated carbocycles. The first-order valence-electron chi connectivity index (χ1n) is 48.8. The summed E-state index contributed by atoms with van der Waals surface area (Å²) >= 11 is 0. The molecule has 0 amide bonds. The van der Waals surface area contributed by atoms with Crippen molar-refractivity contribution in [1.82, 2.24) is 57.5 Å². The number of hydrogen-bond donors (Lipinski definition) is 0. The van der Waals surface area contributed by atoms with Crippen molar-refractivity contribution < 1.29 is 0 Å². The highest BCUT2D eigenvalue weighted by molar-refractivity contribution is 6.29. The van der Waals surface area contributed by atoms with E-state index < -0.39 is 0 Å². The fraction of sp³-hybridized carbons (Fsp3) is 0.0625. The lowest BCUT2D eigenvalue weighted by Gasteiger charge is -2.17. The lowest BCUT2D eigenvalue weighted by Crippen LogP contribution is -2.00. The van der Waals surface area contributed by atoms with E-state index in [0.29, 0.717) is 0 Å². The Balaban J connectivity index is 0.0000000829. The van der Waals surface area contributed by atoms with Crippen molar-refractivity contribution in [3.8, 4) is 89.0 Å². The molecule has 36 rings (SSSR count). The van der Waals surface area contributed by atoms with Crippen LogP contribution in [0.5, 0.6) is 0 Å². The SMILES string of the molecule is c1ccc2c(c1)Cc1c-2c2c(c3c1c1ncccc1n1c4ccccc4nc31)-c1ccccc1C2.c1ccc2c(c1)Cc1c-2c2c(c3c1c1ncccc1n1c4ccccc4nc31)Cc1ccccc1-2.c1ccc2c(c1)Cc1c-2c2c(c3c4ncccc4n4c5ccccc5nc4c13)-c1ccccc1C2.c1ccc2c(c1)Cc1c3c(c4c(c1-2)c1ncccc1n1c2ccccc2nc41)-c1ccccc1C3. The predicted molar refractivity (Wildman–Crippen MR) is 568 cm³/mol. The van der Waals surface area contributed by atoms with E-state index in [9.17, 15) is 0 Å². The average Bonchev–Trinajstić information content (AvgIpc) is 1.54. The van der Waals surface area contributed by atoms with Gasteiger partial charge in [-0.3, -0.25) is 37.5 Å². The van der Waals surface area contributed by atoms with Gasteiger partial charge < -0.3 is 0 Å². The number of aromatic nitrogens is 12. The first-order chi connectivity index (χ1) is 69.5. The van der Waals surface area contributed by atoms with Crippen LogP contribution in [0.4, 0.5) is 0 Å². The van der Waals surface area contributed by atoms with E-state index in [1.54, 1.807) is 0 Å². The maximum Gasteiger partial charge on any atom is 0.147 e. The maximum atomic E-state index is 5.26. The van der Waals surface area contributed by atoms with E-state index in [-0.39, 0.29) is 0 Å². The van der Waals surface area contributed by atoms with Gasteiger partial charge in [0.05, 0.1) is 88.3 Å². The van der Waals surface area contributed by atoms with Crippen molar-refractivity contribution in [3.63, 3.8) is 0 Å². The largest absolute Gasteiger partial charge is 0.290 e. The van der Waals surface area contributed by atoms with Crippen LogP contribution >= 0.6 is 0 Å². The van der Waals surface area contributed by atoms with Gasteiger partial charge >= 0.3 is 0 Å². The number of pyridine rings is 8. The van der Waals surface area contributed by atoms with Gasteiger partial charge in [-0.05, 0) is 326 Å². The Kier molecular flexibility index (Phi) is 15.0. The molecule has 648 valence electrons. The summed E-state index contributed by atoms with van der Waals surface area (Å²) in [6, 6.07) is 122. The quantitative estimate of drug-likeness (QED) is 0.138. The lowest BCUT2D eigenvalue weighted by atomic mass is 9.88. The molecular weight excluding hydrogens is 1710 g/mol. The third-order valence-corrected chi connectivity index (χ3v) is 32.3. The minimum atomic E-state index is 0.925. The predicted octanol–water partition coefficient (Wildman–Crippen LogP) is 29.3. The summed E-state index contributed by atoms with van der Waals surface area (Å²) in [6.45, 7) is 0. The number of rotatable bonds is 0. The van der Waals surface area contributed by atoms with Gasteiger partial charge in [0, 0.05) is 67.9 Å². The molecule has 0 spiro atoms. The molecule has 12 heteroatoms. The zero-order valence-corrected chi connectivity index (χ0v) is 75.7. The van der Waals surface area contributed by atoms with Crippen molar-refractivity contribution in [2.75, 3.05) is 0 Å². The van der Waals surface area contributed by atoms with Crippen LogP contribution in [-0.4, -0.2) is 57.5 Å². The number of fused-ring (bicyclic) bond motifs is 68. The van der Waals surface area contributed by atoms with Crippen LogP contribution in [0.15, 0.2) is 365 Å². The maximum absolute atomic E-state index is 5.26. The molecule has 12 aromatic heterocycles. The van der Waals surface area contributed by atoms with Crippen LogP contribution in [0.25, 0.3) is 243 Å². The van der Waals surface area contributed by atoms with Crippen molar-refractivity contribution in [3.05, 3.63) is 454 Å². The highest BCUT2D eigenvalue weighted by atomic mass is 15.1. The smallest absolute Gasteiger partial charge is 0.147 e. The second-order valence-electron chi connectivity index (χ2n) is 39.0. The molecular formula is C128H76N12. The first kappa shape index (κ1) is 75.3. The number of nitrogens with zero attached hydrogens (tertiary/aromatic N) is 12. The van der Waals surface area contributed by atoms with Crippen LogP contribution in [0.2, 0.25) is 0 Å². The highest BCUT2D eigenvalue weighted by Crippen LogP contribution is 2.61. The lowest BCUT2D eigenvalue weighted by molar-refractivity contribution is 1.17. The summed E-state index contributed by atoms with van der Waals surface area (Å²) in [5.74, 6) is 0. The van der Waals surface area contributed by atoms with Crippen LogP contribution in [0, 0.1) is 0 Å². The summed E-state index contributed by atoms with van der Waals surface area (Å²) in [7, 11) is 0. The Morgan fingerprint density at radius 3 is 0.693 bits per heavy atom. The summed E-state index contributed by atoms with van der Waals surface area (Å²) in [5.41, 5.74) is 66.1. The Bertz CT molecular complexity index is 10700. The summed E-state index contributed by atoms with van der Waals surface area (Å²) in [5, 5.41) is 10.1. The molecule has 0 radical (unpaired) electrons. The van der Waals surface area contributed by atoms with Gasteiger partial charge in [0.15, 0.2) is 0 Å². The molecule has 0 fully saturated rings. The molecule has 0 saturated heterocycles. The van der Waals surface area contributed by atoms with Crippen molar-refractivity contribution in [2.24, 2.45) is 0 Å². The number of imidazole rings is 4. The molecule has 12 nitrogen and oxygen atoms in total. The average molecular weight is 1780 g/mol. The standard InChI is InChI=1S/4C32H19N3/c1-3-10-20-18(8-1)17-23-27(20)22-16-19-9-2-4-11-21(19)28(22)30-29(23)32-34-24-12-5-6-13-25(24)35(32)26-14-7-15-33-31(26)30;1-3-10-20-18(8-1)17-23-27(20)22-16-19-9-2-4-11-21(19)28(22)30-29(23)31-26(14-7-15-33-31)35-25-13-6-5-12-24(25)34-32(30)35;1-3-10-20-18(8-1)16-22-27(20)28-21-11-4-2-9-19(21)17-23(28)30-29(22)31-26(14-7-15-33-31)35-25-13-6-5-12-24(25)34-32(30)35;1-3-10-20-18(8-1)16-22-23-17-19-9-2-4-11-21(19)28(23)30-29(27(20)22)31-26(14-7-15-33-31)35-25-13-6-5-12-24(25)34-32(30)35/h4*1-15H,16-17H2. The summed E-state index contributed by atoms with van der Waals surface area (Å²) in [6.07, 6.45) is 15.3. The zero-order valence-electron chi connectivity index (χ0n) is 75.7. The Labute approximate surface area is 799 Å². The molecule has 28 aromatic rings. The monoisotopic (exact) mass is 1780 g/mol. The normalized spacial score (nSPS) is 13.5. The fourth-order valence-corrected chi connectivity index (χ4v) is 26.9. The molecule has 0 aliphatic heterocycles.